The summed E-state index contributed by atoms with van der Waals surface area (Å²) in [5.41, 5.74) is 1.95. The Morgan fingerprint density at radius 1 is 1.28 bits per heavy atom. The van der Waals surface area contributed by atoms with Gasteiger partial charge in [-0.15, -0.1) is 0 Å². The van der Waals surface area contributed by atoms with E-state index < -0.39 is 6.10 Å². The number of hydrogen-bond acceptors (Lipinski definition) is 2. The number of rotatable bonds is 5. The molecule has 18 heavy (non-hydrogen) atoms. The normalized spacial score (nSPS) is 14.7. The molecule has 0 aliphatic rings. The molecule has 0 spiro atoms. The average molecular weight is 247 g/mol. The van der Waals surface area contributed by atoms with E-state index in [0.29, 0.717) is 12.6 Å². The van der Waals surface area contributed by atoms with Crippen LogP contribution in [0.2, 0.25) is 0 Å². The molecule has 2 aromatic heterocycles. The van der Waals surface area contributed by atoms with Crippen molar-refractivity contribution < 1.29 is 5.11 Å². The van der Waals surface area contributed by atoms with E-state index in [1.165, 1.54) is 0 Å². The first-order chi connectivity index (χ1) is 8.61. The molecule has 0 aliphatic carbocycles. The molecule has 4 nitrogen and oxygen atoms in total. The number of aromatic nitrogens is 3. The zero-order valence-corrected chi connectivity index (χ0v) is 11.2. The molecule has 0 saturated heterocycles. The molecule has 0 amide bonds. The first-order valence-corrected chi connectivity index (χ1v) is 6.49. The Labute approximate surface area is 108 Å². The third-order valence-electron chi connectivity index (χ3n) is 3.33. The van der Waals surface area contributed by atoms with Crippen LogP contribution in [0.15, 0.2) is 30.6 Å². The van der Waals surface area contributed by atoms with Gasteiger partial charge < -0.3 is 9.67 Å². The molecular formula is C14H21N3O. The standard InChI is InChI=1S/C14H21N3O/c1-4-11(2)17-9-7-13(15-17)10-16-8-5-6-14(16)12(3)18/h5-9,11-12,18H,4,10H2,1-3H3. The van der Waals surface area contributed by atoms with Crippen LogP contribution < -0.4 is 0 Å². The fourth-order valence-electron chi connectivity index (χ4n) is 2.02. The lowest BCUT2D eigenvalue weighted by Crippen LogP contribution is -2.08. The van der Waals surface area contributed by atoms with Crippen molar-refractivity contribution in [2.75, 3.05) is 0 Å². The van der Waals surface area contributed by atoms with Gasteiger partial charge >= 0.3 is 0 Å². The highest BCUT2D eigenvalue weighted by atomic mass is 16.3. The SMILES string of the molecule is CCC(C)n1ccc(Cn2cccc2C(C)O)n1. The Kier molecular flexibility index (Phi) is 3.87. The smallest absolute Gasteiger partial charge is 0.0911 e. The van der Waals surface area contributed by atoms with E-state index in [9.17, 15) is 5.11 Å². The summed E-state index contributed by atoms with van der Waals surface area (Å²) in [5.74, 6) is 0. The summed E-state index contributed by atoms with van der Waals surface area (Å²) in [4.78, 5) is 0. The third-order valence-corrected chi connectivity index (χ3v) is 3.33. The van der Waals surface area contributed by atoms with Crippen LogP contribution in [-0.4, -0.2) is 19.5 Å². The maximum Gasteiger partial charge on any atom is 0.0911 e. The molecule has 2 heterocycles. The zero-order chi connectivity index (χ0) is 13.1. The lowest BCUT2D eigenvalue weighted by molar-refractivity contribution is 0.189. The maximum absolute atomic E-state index is 9.66. The minimum Gasteiger partial charge on any atom is -0.387 e. The molecule has 0 fully saturated rings. The van der Waals surface area contributed by atoms with Gasteiger partial charge in [0.2, 0.25) is 0 Å². The molecule has 98 valence electrons. The van der Waals surface area contributed by atoms with Crippen molar-refractivity contribution in [3.8, 4) is 0 Å². The Morgan fingerprint density at radius 3 is 2.72 bits per heavy atom. The molecule has 2 unspecified atom stereocenters. The van der Waals surface area contributed by atoms with Crippen LogP contribution in [0.25, 0.3) is 0 Å². The Hall–Kier alpha value is -1.55. The molecule has 4 heteroatoms. The summed E-state index contributed by atoms with van der Waals surface area (Å²) >= 11 is 0. The van der Waals surface area contributed by atoms with Crippen LogP contribution in [-0.2, 0) is 6.54 Å². The van der Waals surface area contributed by atoms with Gasteiger partial charge in [0.05, 0.1) is 18.3 Å². The van der Waals surface area contributed by atoms with Crippen LogP contribution in [0.1, 0.15) is 50.7 Å². The highest BCUT2D eigenvalue weighted by molar-refractivity contribution is 5.12. The first kappa shape index (κ1) is 12.9. The molecule has 2 aromatic rings. The summed E-state index contributed by atoms with van der Waals surface area (Å²) in [6.45, 7) is 6.80. The lowest BCUT2D eigenvalue weighted by Gasteiger charge is -2.10. The van der Waals surface area contributed by atoms with E-state index in [2.05, 4.69) is 18.9 Å². The fraction of sp³-hybridized carbons (Fsp3) is 0.500. The molecular weight excluding hydrogens is 226 g/mol. The predicted molar refractivity (Wildman–Crippen MR) is 71.4 cm³/mol. The second-order valence-electron chi connectivity index (χ2n) is 4.78. The summed E-state index contributed by atoms with van der Waals surface area (Å²) in [7, 11) is 0. The Balaban J connectivity index is 2.14. The van der Waals surface area contributed by atoms with Gasteiger partial charge in [0, 0.05) is 24.1 Å². The van der Waals surface area contributed by atoms with Gasteiger partial charge in [-0.2, -0.15) is 5.10 Å². The lowest BCUT2D eigenvalue weighted by atomic mass is 10.3. The van der Waals surface area contributed by atoms with Crippen LogP contribution in [0, 0.1) is 0 Å². The van der Waals surface area contributed by atoms with Gasteiger partial charge in [0.25, 0.3) is 0 Å². The van der Waals surface area contributed by atoms with E-state index >= 15 is 0 Å². The second-order valence-corrected chi connectivity index (χ2v) is 4.78. The van der Waals surface area contributed by atoms with Crippen LogP contribution >= 0.6 is 0 Å². The summed E-state index contributed by atoms with van der Waals surface area (Å²) in [5, 5.41) is 14.2. The minimum absolute atomic E-state index is 0.430. The number of nitrogens with zero attached hydrogens (tertiary/aromatic N) is 3. The van der Waals surface area contributed by atoms with Crippen molar-refractivity contribution in [1.82, 2.24) is 14.3 Å². The summed E-state index contributed by atoms with van der Waals surface area (Å²) < 4.78 is 4.04. The van der Waals surface area contributed by atoms with Gasteiger partial charge in [-0.3, -0.25) is 4.68 Å². The van der Waals surface area contributed by atoms with Gasteiger partial charge in [0.15, 0.2) is 0 Å². The van der Waals surface area contributed by atoms with Gasteiger partial charge in [-0.1, -0.05) is 6.92 Å². The van der Waals surface area contributed by atoms with Crippen molar-refractivity contribution in [2.24, 2.45) is 0 Å². The molecule has 1 N–H and O–H groups in total. The van der Waals surface area contributed by atoms with E-state index in [1.54, 1.807) is 6.92 Å². The molecule has 0 bridgehead atoms. The van der Waals surface area contributed by atoms with E-state index in [1.807, 2.05) is 39.8 Å². The van der Waals surface area contributed by atoms with Crippen LogP contribution in [0.4, 0.5) is 0 Å². The molecule has 2 atom stereocenters. The van der Waals surface area contributed by atoms with Gasteiger partial charge in [-0.25, -0.2) is 0 Å². The van der Waals surface area contributed by atoms with E-state index in [0.717, 1.165) is 17.8 Å². The number of aliphatic hydroxyl groups is 1. The average Bonchev–Trinajstić information content (AvgIpc) is 2.97. The number of aliphatic hydroxyl groups excluding tert-OH is 1. The molecule has 0 radical (unpaired) electrons. The molecule has 0 aliphatic heterocycles. The van der Waals surface area contributed by atoms with Crippen molar-refractivity contribution in [2.45, 2.75) is 45.9 Å². The van der Waals surface area contributed by atoms with E-state index in [4.69, 9.17) is 0 Å². The highest BCUT2D eigenvalue weighted by Gasteiger charge is 2.09. The van der Waals surface area contributed by atoms with Crippen molar-refractivity contribution in [3.05, 3.63) is 42.0 Å². The van der Waals surface area contributed by atoms with E-state index in [-0.39, 0.29) is 0 Å². The second kappa shape index (κ2) is 5.40. The third kappa shape index (κ3) is 2.64. The first-order valence-electron chi connectivity index (χ1n) is 6.49. The molecule has 0 saturated carbocycles. The van der Waals surface area contributed by atoms with Crippen molar-refractivity contribution in [1.29, 1.82) is 0 Å². The predicted octanol–water partition coefficient (Wildman–Crippen LogP) is 2.76. The minimum atomic E-state index is -0.448. The zero-order valence-electron chi connectivity index (χ0n) is 11.2. The summed E-state index contributed by atoms with van der Waals surface area (Å²) in [6.07, 6.45) is 4.62. The molecule has 2 rings (SSSR count). The van der Waals surface area contributed by atoms with Crippen molar-refractivity contribution in [3.63, 3.8) is 0 Å². The van der Waals surface area contributed by atoms with Crippen LogP contribution in [0.5, 0.6) is 0 Å². The highest BCUT2D eigenvalue weighted by Crippen LogP contribution is 2.15. The monoisotopic (exact) mass is 247 g/mol. The Morgan fingerprint density at radius 2 is 2.06 bits per heavy atom. The fourth-order valence-corrected chi connectivity index (χ4v) is 2.02. The maximum atomic E-state index is 9.66. The van der Waals surface area contributed by atoms with Crippen LogP contribution in [0.3, 0.4) is 0 Å². The topological polar surface area (TPSA) is 43.0 Å². The van der Waals surface area contributed by atoms with Crippen molar-refractivity contribution >= 4 is 0 Å². The quantitative estimate of drug-likeness (QED) is 0.882. The molecule has 0 aromatic carbocycles. The van der Waals surface area contributed by atoms with Gasteiger partial charge in [0.1, 0.15) is 0 Å². The number of hydrogen-bond donors (Lipinski definition) is 1. The van der Waals surface area contributed by atoms with Gasteiger partial charge in [-0.05, 0) is 38.5 Å². The largest absolute Gasteiger partial charge is 0.387 e. The Bertz CT molecular complexity index is 499. The summed E-state index contributed by atoms with van der Waals surface area (Å²) in [6, 6.07) is 6.36.